The molecule has 2 atom stereocenters. The summed E-state index contributed by atoms with van der Waals surface area (Å²) in [6.07, 6.45) is -0.450. The van der Waals surface area contributed by atoms with Gasteiger partial charge in [-0.15, -0.1) is 0 Å². The maximum absolute atomic E-state index is 13.4. The monoisotopic (exact) mass is 268 g/mol. The number of aliphatic hydroxyl groups excluding tert-OH is 2. The third-order valence-electron chi connectivity index (χ3n) is 3.38. The molecule has 106 valence electrons. The number of nitrogens with zero attached hydrogens (tertiary/aromatic N) is 1. The summed E-state index contributed by atoms with van der Waals surface area (Å²) >= 11 is 0. The first-order chi connectivity index (χ1) is 9.11. The molecule has 1 aliphatic heterocycles. The van der Waals surface area contributed by atoms with Crippen molar-refractivity contribution < 1.29 is 14.6 Å². The molecule has 0 spiro atoms. The highest BCUT2D eigenvalue weighted by molar-refractivity contribution is 5.55. The number of benzene rings is 1. The topological polar surface area (TPSA) is 55.7 Å². The second-order valence-corrected chi connectivity index (χ2v) is 4.99. The first kappa shape index (κ1) is 14.2. The Morgan fingerprint density at radius 1 is 1.32 bits per heavy atom. The number of aliphatic hydroxyl groups is 2. The normalized spacial score (nSPS) is 23.1. The first-order valence-electron chi connectivity index (χ1n) is 6.72. The van der Waals surface area contributed by atoms with Crippen LogP contribution in [0.2, 0.25) is 0 Å². The Labute approximate surface area is 112 Å². The quantitative estimate of drug-likeness (QED) is 0.694. The highest BCUT2D eigenvalue weighted by Crippen LogP contribution is 2.25. The average Bonchev–Trinajstić information content (AvgIpc) is 2.70. The summed E-state index contributed by atoms with van der Waals surface area (Å²) in [5, 5.41) is 22.5. The SMILES string of the molecule is CCCNCc1cc(F)ccc1N1CC(O)C(O)C1. The Morgan fingerprint density at radius 3 is 2.63 bits per heavy atom. The highest BCUT2D eigenvalue weighted by atomic mass is 19.1. The van der Waals surface area contributed by atoms with E-state index in [-0.39, 0.29) is 5.82 Å². The Hall–Kier alpha value is -1.17. The summed E-state index contributed by atoms with van der Waals surface area (Å²) in [5.41, 5.74) is 1.73. The van der Waals surface area contributed by atoms with Crippen molar-refractivity contribution in [3.05, 3.63) is 29.6 Å². The van der Waals surface area contributed by atoms with Crippen molar-refractivity contribution in [2.24, 2.45) is 0 Å². The van der Waals surface area contributed by atoms with Gasteiger partial charge in [-0.25, -0.2) is 4.39 Å². The molecule has 0 radical (unpaired) electrons. The van der Waals surface area contributed by atoms with Crippen LogP contribution >= 0.6 is 0 Å². The van der Waals surface area contributed by atoms with Gasteiger partial charge >= 0.3 is 0 Å². The molecule has 1 heterocycles. The molecule has 1 aromatic carbocycles. The molecular formula is C14H21FN2O2. The lowest BCUT2D eigenvalue weighted by molar-refractivity contribution is 0.0572. The molecule has 0 bridgehead atoms. The Morgan fingerprint density at radius 2 is 2.00 bits per heavy atom. The second-order valence-electron chi connectivity index (χ2n) is 4.99. The van der Waals surface area contributed by atoms with Gasteiger partial charge in [-0.3, -0.25) is 0 Å². The van der Waals surface area contributed by atoms with Crippen LogP contribution in [0.3, 0.4) is 0 Å². The predicted octanol–water partition coefficient (Wildman–Crippen LogP) is 0.867. The maximum Gasteiger partial charge on any atom is 0.123 e. The van der Waals surface area contributed by atoms with Crippen LogP contribution in [0.4, 0.5) is 10.1 Å². The van der Waals surface area contributed by atoms with E-state index in [0.29, 0.717) is 19.6 Å². The van der Waals surface area contributed by atoms with Gasteiger partial charge in [0.05, 0.1) is 12.2 Å². The third-order valence-corrected chi connectivity index (χ3v) is 3.38. The van der Waals surface area contributed by atoms with E-state index in [9.17, 15) is 14.6 Å². The van der Waals surface area contributed by atoms with E-state index < -0.39 is 12.2 Å². The maximum atomic E-state index is 13.4. The van der Waals surface area contributed by atoms with Crippen LogP contribution in [0, 0.1) is 5.82 Å². The minimum absolute atomic E-state index is 0.266. The summed E-state index contributed by atoms with van der Waals surface area (Å²) in [6, 6.07) is 4.63. The van der Waals surface area contributed by atoms with Crippen LogP contribution in [-0.4, -0.2) is 42.1 Å². The number of nitrogens with one attached hydrogen (secondary N) is 1. The van der Waals surface area contributed by atoms with Gasteiger partial charge in [-0.1, -0.05) is 6.92 Å². The molecule has 1 fully saturated rings. The number of anilines is 1. The van der Waals surface area contributed by atoms with Crippen LogP contribution in [-0.2, 0) is 6.54 Å². The van der Waals surface area contributed by atoms with E-state index in [0.717, 1.165) is 24.2 Å². The van der Waals surface area contributed by atoms with E-state index in [4.69, 9.17) is 0 Å². The summed E-state index contributed by atoms with van der Waals surface area (Å²) in [5.74, 6) is -0.266. The molecule has 4 nitrogen and oxygen atoms in total. The molecule has 0 aliphatic carbocycles. The number of halogens is 1. The molecule has 0 saturated carbocycles. The van der Waals surface area contributed by atoms with Crippen molar-refractivity contribution in [2.45, 2.75) is 32.1 Å². The van der Waals surface area contributed by atoms with Crippen molar-refractivity contribution in [2.75, 3.05) is 24.5 Å². The van der Waals surface area contributed by atoms with Gasteiger partial charge in [0.25, 0.3) is 0 Å². The smallest absolute Gasteiger partial charge is 0.123 e. The fourth-order valence-electron chi connectivity index (χ4n) is 2.37. The van der Waals surface area contributed by atoms with Crippen LogP contribution in [0.1, 0.15) is 18.9 Å². The van der Waals surface area contributed by atoms with Gasteiger partial charge in [0, 0.05) is 25.3 Å². The average molecular weight is 268 g/mol. The molecule has 1 aliphatic rings. The minimum Gasteiger partial charge on any atom is -0.389 e. The summed E-state index contributed by atoms with van der Waals surface area (Å²) in [4.78, 5) is 1.90. The van der Waals surface area contributed by atoms with Gasteiger partial charge in [0.1, 0.15) is 5.82 Å². The molecule has 0 aromatic heterocycles. The zero-order chi connectivity index (χ0) is 13.8. The fourth-order valence-corrected chi connectivity index (χ4v) is 2.37. The summed E-state index contributed by atoms with van der Waals surface area (Å²) in [7, 11) is 0. The molecule has 0 amide bonds. The fraction of sp³-hybridized carbons (Fsp3) is 0.571. The number of hydrogen-bond acceptors (Lipinski definition) is 4. The standard InChI is InChI=1S/C14H21FN2O2/c1-2-5-16-7-10-6-11(15)3-4-12(10)17-8-13(18)14(19)9-17/h3-4,6,13-14,16,18-19H,2,5,7-9H2,1H3. The zero-order valence-corrected chi connectivity index (χ0v) is 11.1. The van der Waals surface area contributed by atoms with Crippen molar-refractivity contribution in [3.8, 4) is 0 Å². The molecular weight excluding hydrogens is 247 g/mol. The zero-order valence-electron chi connectivity index (χ0n) is 11.1. The summed E-state index contributed by atoms with van der Waals surface area (Å²) < 4.78 is 13.4. The number of β-amino-alcohol motifs (C(OH)–C–C–N with tert-alkyl or cyclic N) is 2. The molecule has 2 unspecified atom stereocenters. The molecule has 1 aromatic rings. The minimum atomic E-state index is -0.735. The van der Waals surface area contributed by atoms with E-state index in [1.807, 2.05) is 4.90 Å². The van der Waals surface area contributed by atoms with E-state index >= 15 is 0 Å². The molecule has 2 rings (SSSR count). The lowest BCUT2D eigenvalue weighted by Gasteiger charge is -2.21. The van der Waals surface area contributed by atoms with Crippen LogP contribution in [0.15, 0.2) is 18.2 Å². The van der Waals surface area contributed by atoms with Gasteiger partial charge in [0.2, 0.25) is 0 Å². The van der Waals surface area contributed by atoms with Gasteiger partial charge in [0.15, 0.2) is 0 Å². The van der Waals surface area contributed by atoms with Crippen molar-refractivity contribution in [1.29, 1.82) is 0 Å². The third kappa shape index (κ3) is 3.43. The number of rotatable bonds is 5. The first-order valence-corrected chi connectivity index (χ1v) is 6.72. The van der Waals surface area contributed by atoms with Crippen LogP contribution < -0.4 is 10.2 Å². The molecule has 19 heavy (non-hydrogen) atoms. The van der Waals surface area contributed by atoms with Gasteiger partial charge in [-0.2, -0.15) is 0 Å². The summed E-state index contributed by atoms with van der Waals surface area (Å²) in [6.45, 7) is 4.30. The van der Waals surface area contributed by atoms with Crippen molar-refractivity contribution in [1.82, 2.24) is 5.32 Å². The van der Waals surface area contributed by atoms with E-state index in [1.165, 1.54) is 12.1 Å². The van der Waals surface area contributed by atoms with Crippen molar-refractivity contribution >= 4 is 5.69 Å². The highest BCUT2D eigenvalue weighted by Gasteiger charge is 2.30. The second kappa shape index (κ2) is 6.32. The largest absolute Gasteiger partial charge is 0.389 e. The van der Waals surface area contributed by atoms with Gasteiger partial charge in [-0.05, 0) is 36.7 Å². The lowest BCUT2D eigenvalue weighted by atomic mass is 10.1. The Balaban J connectivity index is 2.14. The van der Waals surface area contributed by atoms with Gasteiger partial charge < -0.3 is 20.4 Å². The van der Waals surface area contributed by atoms with Crippen LogP contribution in [0.5, 0.6) is 0 Å². The number of hydrogen-bond donors (Lipinski definition) is 3. The lowest BCUT2D eigenvalue weighted by Crippen LogP contribution is -2.24. The van der Waals surface area contributed by atoms with Crippen LogP contribution in [0.25, 0.3) is 0 Å². The van der Waals surface area contributed by atoms with Crippen molar-refractivity contribution in [3.63, 3.8) is 0 Å². The van der Waals surface area contributed by atoms with E-state index in [1.54, 1.807) is 6.07 Å². The molecule has 3 N–H and O–H groups in total. The molecule has 5 heteroatoms. The molecule has 1 saturated heterocycles. The predicted molar refractivity (Wildman–Crippen MR) is 72.6 cm³/mol. The Kier molecular flexibility index (Phi) is 4.74. The van der Waals surface area contributed by atoms with E-state index in [2.05, 4.69) is 12.2 Å². The Bertz CT molecular complexity index is 418.